The maximum absolute atomic E-state index is 12.4. The maximum Gasteiger partial charge on any atom is 0.253 e. The number of morpholine rings is 1. The molecule has 0 saturated carbocycles. The minimum absolute atomic E-state index is 0.0529. The molecule has 0 aromatic carbocycles. The van der Waals surface area contributed by atoms with Crippen molar-refractivity contribution in [2.45, 2.75) is 19.8 Å². The fourth-order valence-corrected chi connectivity index (χ4v) is 2.54. The standard InChI is InChI=1S/C17H28N4O2/c1-3-4-8-20(2)17(22)15-5-6-18-16(14-15)19-7-9-21-10-12-23-13-11-21/h5-6,14H,3-4,7-13H2,1-2H3,(H,18,19). The molecule has 1 aliphatic rings. The number of rotatable bonds is 8. The lowest BCUT2D eigenvalue weighted by Crippen LogP contribution is -2.39. The Kier molecular flexibility index (Phi) is 7.29. The molecular weight excluding hydrogens is 292 g/mol. The topological polar surface area (TPSA) is 57.7 Å². The van der Waals surface area contributed by atoms with Gasteiger partial charge in [0.05, 0.1) is 13.2 Å². The van der Waals surface area contributed by atoms with Crippen molar-refractivity contribution in [2.75, 3.05) is 58.3 Å². The highest BCUT2D eigenvalue weighted by atomic mass is 16.5. The first-order valence-electron chi connectivity index (χ1n) is 8.46. The summed E-state index contributed by atoms with van der Waals surface area (Å²) >= 11 is 0. The maximum atomic E-state index is 12.4. The molecule has 0 radical (unpaired) electrons. The van der Waals surface area contributed by atoms with Crippen LogP contribution < -0.4 is 5.32 Å². The Bertz CT molecular complexity index is 489. The smallest absolute Gasteiger partial charge is 0.253 e. The zero-order valence-corrected chi connectivity index (χ0v) is 14.3. The average Bonchev–Trinajstić information content (AvgIpc) is 2.60. The van der Waals surface area contributed by atoms with E-state index in [9.17, 15) is 4.79 Å². The summed E-state index contributed by atoms with van der Waals surface area (Å²) in [5.41, 5.74) is 0.687. The Labute approximate surface area is 138 Å². The van der Waals surface area contributed by atoms with E-state index in [1.54, 1.807) is 17.2 Å². The first-order chi connectivity index (χ1) is 11.2. The van der Waals surface area contributed by atoms with Crippen molar-refractivity contribution in [2.24, 2.45) is 0 Å². The van der Waals surface area contributed by atoms with Crippen LogP contribution in [-0.4, -0.2) is 73.7 Å². The molecule has 0 unspecified atom stereocenters. The second kappa shape index (κ2) is 9.47. The fraction of sp³-hybridized carbons (Fsp3) is 0.647. The second-order valence-electron chi connectivity index (χ2n) is 5.89. The van der Waals surface area contributed by atoms with Crippen LogP contribution in [0.4, 0.5) is 5.82 Å². The normalized spacial score (nSPS) is 15.4. The summed E-state index contributed by atoms with van der Waals surface area (Å²) in [6.45, 7) is 8.28. The average molecular weight is 320 g/mol. The van der Waals surface area contributed by atoms with Gasteiger partial charge < -0.3 is 15.0 Å². The van der Waals surface area contributed by atoms with E-state index in [0.717, 1.165) is 64.6 Å². The minimum Gasteiger partial charge on any atom is -0.379 e. The summed E-state index contributed by atoms with van der Waals surface area (Å²) in [6, 6.07) is 3.61. The Balaban J connectivity index is 1.82. The van der Waals surface area contributed by atoms with Crippen LogP contribution in [0.1, 0.15) is 30.1 Å². The molecule has 0 aliphatic carbocycles. The summed E-state index contributed by atoms with van der Waals surface area (Å²) in [5, 5.41) is 3.30. The number of aromatic nitrogens is 1. The molecule has 1 aromatic rings. The second-order valence-corrected chi connectivity index (χ2v) is 5.89. The lowest BCUT2D eigenvalue weighted by atomic mass is 10.2. The first-order valence-corrected chi connectivity index (χ1v) is 8.46. The largest absolute Gasteiger partial charge is 0.379 e. The molecule has 1 aliphatic heterocycles. The highest BCUT2D eigenvalue weighted by molar-refractivity contribution is 5.94. The predicted molar refractivity (Wildman–Crippen MR) is 91.9 cm³/mol. The number of amides is 1. The van der Waals surface area contributed by atoms with Gasteiger partial charge in [0.25, 0.3) is 5.91 Å². The van der Waals surface area contributed by atoms with E-state index in [0.29, 0.717) is 5.56 Å². The Morgan fingerprint density at radius 3 is 2.96 bits per heavy atom. The van der Waals surface area contributed by atoms with Crippen molar-refractivity contribution < 1.29 is 9.53 Å². The van der Waals surface area contributed by atoms with Gasteiger partial charge in [0.1, 0.15) is 5.82 Å². The van der Waals surface area contributed by atoms with Crippen molar-refractivity contribution in [3.05, 3.63) is 23.9 Å². The van der Waals surface area contributed by atoms with Gasteiger partial charge in [0.15, 0.2) is 0 Å². The van der Waals surface area contributed by atoms with Crippen molar-refractivity contribution in [1.82, 2.24) is 14.8 Å². The van der Waals surface area contributed by atoms with Gasteiger partial charge in [-0.25, -0.2) is 4.98 Å². The molecule has 1 aromatic heterocycles. The van der Waals surface area contributed by atoms with Gasteiger partial charge in [-0.15, -0.1) is 0 Å². The minimum atomic E-state index is 0.0529. The number of ether oxygens (including phenoxy) is 1. The zero-order chi connectivity index (χ0) is 16.5. The number of carbonyl (C=O) groups excluding carboxylic acids is 1. The van der Waals surface area contributed by atoms with E-state index >= 15 is 0 Å². The molecule has 0 bridgehead atoms. The van der Waals surface area contributed by atoms with Crippen LogP contribution in [0.3, 0.4) is 0 Å². The van der Waals surface area contributed by atoms with Gasteiger partial charge in [-0.3, -0.25) is 9.69 Å². The number of anilines is 1. The number of hydrogen-bond acceptors (Lipinski definition) is 5. The Morgan fingerprint density at radius 1 is 1.43 bits per heavy atom. The lowest BCUT2D eigenvalue weighted by molar-refractivity contribution is 0.0398. The highest BCUT2D eigenvalue weighted by Gasteiger charge is 2.12. The molecule has 1 saturated heterocycles. The van der Waals surface area contributed by atoms with Gasteiger partial charge in [0.2, 0.25) is 0 Å². The van der Waals surface area contributed by atoms with E-state index in [4.69, 9.17) is 4.74 Å². The van der Waals surface area contributed by atoms with Crippen LogP contribution in [0.25, 0.3) is 0 Å². The van der Waals surface area contributed by atoms with Crippen LogP contribution in [0.5, 0.6) is 0 Å². The van der Waals surface area contributed by atoms with Crippen LogP contribution in [0, 0.1) is 0 Å². The van der Waals surface area contributed by atoms with E-state index < -0.39 is 0 Å². The molecule has 128 valence electrons. The molecule has 2 rings (SSSR count). The molecular formula is C17H28N4O2. The quantitative estimate of drug-likeness (QED) is 0.790. The lowest BCUT2D eigenvalue weighted by Gasteiger charge is -2.26. The number of nitrogens with one attached hydrogen (secondary N) is 1. The van der Waals surface area contributed by atoms with Gasteiger partial charge >= 0.3 is 0 Å². The molecule has 1 amide bonds. The van der Waals surface area contributed by atoms with Gasteiger partial charge in [-0.1, -0.05) is 13.3 Å². The third-order valence-electron chi connectivity index (χ3n) is 4.04. The van der Waals surface area contributed by atoms with E-state index in [1.165, 1.54) is 0 Å². The monoisotopic (exact) mass is 320 g/mol. The Hall–Kier alpha value is -1.66. The van der Waals surface area contributed by atoms with E-state index in [-0.39, 0.29) is 5.91 Å². The van der Waals surface area contributed by atoms with Crippen LogP contribution in [0.2, 0.25) is 0 Å². The van der Waals surface area contributed by atoms with Crippen molar-refractivity contribution in [1.29, 1.82) is 0 Å². The summed E-state index contributed by atoms with van der Waals surface area (Å²) < 4.78 is 5.34. The molecule has 1 N–H and O–H groups in total. The molecule has 23 heavy (non-hydrogen) atoms. The Morgan fingerprint density at radius 2 is 2.22 bits per heavy atom. The number of carbonyl (C=O) groups is 1. The molecule has 6 heteroatoms. The highest BCUT2D eigenvalue weighted by Crippen LogP contribution is 2.10. The zero-order valence-electron chi connectivity index (χ0n) is 14.3. The third kappa shape index (κ3) is 5.80. The van der Waals surface area contributed by atoms with Crippen molar-refractivity contribution in [3.63, 3.8) is 0 Å². The van der Waals surface area contributed by atoms with Gasteiger partial charge in [-0.05, 0) is 18.6 Å². The summed E-state index contributed by atoms with van der Waals surface area (Å²) in [4.78, 5) is 20.8. The summed E-state index contributed by atoms with van der Waals surface area (Å²) in [5.74, 6) is 0.810. The fourth-order valence-electron chi connectivity index (χ4n) is 2.54. The van der Waals surface area contributed by atoms with E-state index in [1.807, 2.05) is 13.1 Å². The van der Waals surface area contributed by atoms with Crippen LogP contribution in [0.15, 0.2) is 18.3 Å². The number of hydrogen-bond donors (Lipinski definition) is 1. The van der Waals surface area contributed by atoms with E-state index in [2.05, 4.69) is 22.1 Å². The first kappa shape index (κ1) is 17.7. The summed E-state index contributed by atoms with van der Waals surface area (Å²) in [6.07, 6.45) is 3.80. The number of nitrogens with zero attached hydrogens (tertiary/aromatic N) is 3. The predicted octanol–water partition coefficient (Wildman–Crippen LogP) is 1.70. The van der Waals surface area contributed by atoms with Crippen LogP contribution in [-0.2, 0) is 4.74 Å². The summed E-state index contributed by atoms with van der Waals surface area (Å²) in [7, 11) is 1.85. The third-order valence-corrected chi connectivity index (χ3v) is 4.04. The van der Waals surface area contributed by atoms with Crippen LogP contribution >= 0.6 is 0 Å². The molecule has 0 atom stereocenters. The molecule has 1 fully saturated rings. The number of pyridine rings is 1. The number of unbranched alkanes of at least 4 members (excludes halogenated alkanes) is 1. The molecule has 6 nitrogen and oxygen atoms in total. The van der Waals surface area contributed by atoms with Crippen molar-refractivity contribution in [3.8, 4) is 0 Å². The SMILES string of the molecule is CCCCN(C)C(=O)c1ccnc(NCCN2CCOCC2)c1. The van der Waals surface area contributed by atoms with Gasteiger partial charge in [-0.2, -0.15) is 0 Å². The molecule has 0 spiro atoms. The van der Waals surface area contributed by atoms with Gasteiger partial charge in [0, 0.05) is 51.5 Å². The van der Waals surface area contributed by atoms with Crippen molar-refractivity contribution >= 4 is 11.7 Å². The molecule has 2 heterocycles.